The van der Waals surface area contributed by atoms with E-state index < -0.39 is 0 Å². The maximum Gasteiger partial charge on any atom is 0.161 e. The van der Waals surface area contributed by atoms with E-state index in [9.17, 15) is 0 Å². The molecule has 1 atom stereocenters. The minimum absolute atomic E-state index is 0.318. The summed E-state index contributed by atoms with van der Waals surface area (Å²) in [6.07, 6.45) is 6.08. The molecule has 0 radical (unpaired) electrons. The average Bonchev–Trinajstić information content (AvgIpc) is 3.05. The van der Waals surface area contributed by atoms with E-state index in [0.29, 0.717) is 12.0 Å². The summed E-state index contributed by atoms with van der Waals surface area (Å²) in [5.41, 5.74) is 0. The summed E-state index contributed by atoms with van der Waals surface area (Å²) < 4.78 is 11.3. The lowest BCUT2D eigenvalue weighted by Gasteiger charge is -2.26. The lowest BCUT2D eigenvalue weighted by Crippen LogP contribution is -2.37. The molecule has 0 N–H and O–H groups in total. The first-order chi connectivity index (χ1) is 11.3. The number of thiocarbonyl (C=S) groups is 1. The van der Waals surface area contributed by atoms with E-state index >= 15 is 0 Å². The molecule has 2 rings (SSSR count). The Balaban J connectivity index is 1.83. The van der Waals surface area contributed by atoms with Gasteiger partial charge in [-0.15, -0.1) is 11.8 Å². The van der Waals surface area contributed by atoms with Crippen molar-refractivity contribution in [3.05, 3.63) is 24.3 Å². The zero-order valence-electron chi connectivity index (χ0n) is 14.1. The van der Waals surface area contributed by atoms with Crippen LogP contribution in [0.15, 0.2) is 24.3 Å². The molecule has 0 saturated carbocycles. The largest absolute Gasteiger partial charge is 0.493 e. The second kappa shape index (κ2) is 10.0. The van der Waals surface area contributed by atoms with E-state index in [-0.39, 0.29) is 0 Å². The fraction of sp³-hybridized carbons (Fsp3) is 0.611. The molecular formula is C18H27NO2S2. The highest BCUT2D eigenvalue weighted by Gasteiger charge is 2.27. The molecule has 23 heavy (non-hydrogen) atoms. The Bertz CT molecular complexity index is 496. The standard InChI is InChI=1S/C18H27NO2S2/c1-3-4-5-6-11-17(22)19-12-13-23-18(19)14-21-16-10-8-7-9-15(16)20-2/h7-10,18H,3-6,11-14H2,1-2H3. The quantitative estimate of drug-likeness (QED) is 0.471. The van der Waals surface area contributed by atoms with Crippen molar-refractivity contribution in [2.75, 3.05) is 26.0 Å². The van der Waals surface area contributed by atoms with Gasteiger partial charge in [0, 0.05) is 12.3 Å². The van der Waals surface area contributed by atoms with Gasteiger partial charge in [0.05, 0.1) is 12.1 Å². The van der Waals surface area contributed by atoms with Crippen molar-refractivity contribution in [3.63, 3.8) is 0 Å². The van der Waals surface area contributed by atoms with Crippen LogP contribution in [0.2, 0.25) is 0 Å². The zero-order valence-corrected chi connectivity index (χ0v) is 15.8. The monoisotopic (exact) mass is 353 g/mol. The van der Waals surface area contributed by atoms with Crippen molar-refractivity contribution in [1.29, 1.82) is 0 Å². The number of thioether (sulfide) groups is 1. The lowest BCUT2D eigenvalue weighted by molar-refractivity contribution is 0.251. The van der Waals surface area contributed by atoms with Crippen LogP contribution in [0.3, 0.4) is 0 Å². The fourth-order valence-corrected chi connectivity index (χ4v) is 4.27. The van der Waals surface area contributed by atoms with Crippen LogP contribution in [-0.4, -0.2) is 41.3 Å². The van der Waals surface area contributed by atoms with Crippen molar-refractivity contribution < 1.29 is 9.47 Å². The van der Waals surface area contributed by atoms with Gasteiger partial charge < -0.3 is 14.4 Å². The molecule has 1 aliphatic rings. The van der Waals surface area contributed by atoms with Gasteiger partial charge in [-0.2, -0.15) is 0 Å². The molecule has 0 aromatic heterocycles. The predicted molar refractivity (Wildman–Crippen MR) is 103 cm³/mol. The Kier molecular flexibility index (Phi) is 8.03. The van der Waals surface area contributed by atoms with Crippen LogP contribution < -0.4 is 9.47 Å². The van der Waals surface area contributed by atoms with Crippen LogP contribution in [0.5, 0.6) is 11.5 Å². The number of nitrogens with zero attached hydrogens (tertiary/aromatic N) is 1. The summed E-state index contributed by atoms with van der Waals surface area (Å²) in [5.74, 6) is 2.70. The highest BCUT2D eigenvalue weighted by atomic mass is 32.2. The first kappa shape index (κ1) is 18.4. The third-order valence-corrected chi connectivity index (χ3v) is 5.64. The second-order valence-corrected chi connectivity index (χ2v) is 7.44. The first-order valence-electron chi connectivity index (χ1n) is 8.43. The van der Waals surface area contributed by atoms with Crippen LogP contribution in [0.25, 0.3) is 0 Å². The molecule has 3 nitrogen and oxygen atoms in total. The SMILES string of the molecule is CCCCCCC(=S)N1CCSC1COc1ccccc1OC. The number of rotatable bonds is 9. The molecule has 1 aromatic rings. The van der Waals surface area contributed by atoms with E-state index in [1.54, 1.807) is 7.11 Å². The van der Waals surface area contributed by atoms with Crippen molar-refractivity contribution >= 4 is 29.0 Å². The number of benzene rings is 1. The molecule has 1 heterocycles. The summed E-state index contributed by atoms with van der Waals surface area (Å²) >= 11 is 7.58. The molecule has 0 spiro atoms. The lowest BCUT2D eigenvalue weighted by atomic mass is 10.1. The fourth-order valence-electron chi connectivity index (χ4n) is 2.69. The number of hydrogen-bond donors (Lipinski definition) is 0. The topological polar surface area (TPSA) is 21.7 Å². The van der Waals surface area contributed by atoms with Crippen molar-refractivity contribution in [2.24, 2.45) is 0 Å². The maximum absolute atomic E-state index is 5.99. The van der Waals surface area contributed by atoms with Crippen LogP contribution in [-0.2, 0) is 0 Å². The van der Waals surface area contributed by atoms with Crippen LogP contribution >= 0.6 is 24.0 Å². The molecule has 1 fully saturated rings. The smallest absolute Gasteiger partial charge is 0.161 e. The summed E-state index contributed by atoms with van der Waals surface area (Å²) in [4.78, 5) is 3.45. The average molecular weight is 354 g/mol. The molecule has 0 amide bonds. The number of unbranched alkanes of at least 4 members (excludes halogenated alkanes) is 3. The maximum atomic E-state index is 5.99. The van der Waals surface area contributed by atoms with Gasteiger partial charge in [-0.25, -0.2) is 0 Å². The van der Waals surface area contributed by atoms with Gasteiger partial charge in [-0.3, -0.25) is 0 Å². The number of hydrogen-bond acceptors (Lipinski definition) is 4. The van der Waals surface area contributed by atoms with E-state index in [4.69, 9.17) is 21.7 Å². The Morgan fingerprint density at radius 3 is 2.78 bits per heavy atom. The van der Waals surface area contributed by atoms with Gasteiger partial charge in [0.15, 0.2) is 11.5 Å². The molecule has 0 aliphatic carbocycles. The number of para-hydroxylation sites is 2. The summed E-state index contributed by atoms with van der Waals surface area (Å²) in [7, 11) is 1.67. The van der Waals surface area contributed by atoms with Crippen LogP contribution in [0.4, 0.5) is 0 Å². The van der Waals surface area contributed by atoms with E-state index in [1.807, 2.05) is 36.0 Å². The third kappa shape index (κ3) is 5.57. The van der Waals surface area contributed by atoms with Crippen molar-refractivity contribution in [3.8, 4) is 11.5 Å². The molecule has 128 valence electrons. The minimum atomic E-state index is 0.318. The molecule has 5 heteroatoms. The molecule has 1 unspecified atom stereocenters. The van der Waals surface area contributed by atoms with Gasteiger partial charge in [0.1, 0.15) is 12.0 Å². The molecule has 1 aliphatic heterocycles. The Morgan fingerprint density at radius 1 is 1.26 bits per heavy atom. The Morgan fingerprint density at radius 2 is 2.04 bits per heavy atom. The van der Waals surface area contributed by atoms with Gasteiger partial charge in [-0.05, 0) is 25.0 Å². The number of methoxy groups -OCH3 is 1. The van der Waals surface area contributed by atoms with Crippen LogP contribution in [0, 0.1) is 0 Å². The highest BCUT2D eigenvalue weighted by molar-refractivity contribution is 8.00. The number of ether oxygens (including phenoxy) is 2. The van der Waals surface area contributed by atoms with E-state index in [1.165, 1.54) is 25.7 Å². The summed E-state index contributed by atoms with van der Waals surface area (Å²) in [5, 5.41) is 0.318. The van der Waals surface area contributed by atoms with E-state index in [2.05, 4.69) is 11.8 Å². The predicted octanol–water partition coefficient (Wildman–Crippen LogP) is 4.75. The van der Waals surface area contributed by atoms with Gasteiger partial charge >= 0.3 is 0 Å². The van der Waals surface area contributed by atoms with Gasteiger partial charge in [-0.1, -0.05) is 50.5 Å². The van der Waals surface area contributed by atoms with Crippen LogP contribution in [0.1, 0.15) is 39.0 Å². The van der Waals surface area contributed by atoms with E-state index in [0.717, 1.165) is 35.2 Å². The van der Waals surface area contributed by atoms with Gasteiger partial charge in [0.2, 0.25) is 0 Å². The normalized spacial score (nSPS) is 17.3. The molecule has 1 aromatic carbocycles. The second-order valence-electron chi connectivity index (χ2n) is 5.69. The molecular weight excluding hydrogens is 326 g/mol. The third-order valence-electron chi connectivity index (χ3n) is 4.01. The highest BCUT2D eigenvalue weighted by Crippen LogP contribution is 2.30. The molecule has 1 saturated heterocycles. The summed E-state index contributed by atoms with van der Waals surface area (Å²) in [6.45, 7) is 3.91. The van der Waals surface area contributed by atoms with Crippen molar-refractivity contribution in [1.82, 2.24) is 4.90 Å². The summed E-state index contributed by atoms with van der Waals surface area (Å²) in [6, 6.07) is 7.79. The van der Waals surface area contributed by atoms with Crippen molar-refractivity contribution in [2.45, 2.75) is 44.4 Å². The minimum Gasteiger partial charge on any atom is -0.493 e. The Hall–Kier alpha value is -0.940. The Labute approximate surface area is 149 Å². The molecule has 0 bridgehead atoms. The first-order valence-corrected chi connectivity index (χ1v) is 9.88. The van der Waals surface area contributed by atoms with Gasteiger partial charge in [0.25, 0.3) is 0 Å². The zero-order chi connectivity index (χ0) is 16.5.